The summed E-state index contributed by atoms with van der Waals surface area (Å²) in [5, 5.41) is 0. The van der Waals surface area contributed by atoms with Gasteiger partial charge in [-0.1, -0.05) is 24.3 Å². The van der Waals surface area contributed by atoms with E-state index in [2.05, 4.69) is 4.74 Å². The van der Waals surface area contributed by atoms with E-state index in [0.717, 1.165) is 6.07 Å². The number of alkyl halides is 3. The molecule has 1 aromatic carbocycles. The minimum atomic E-state index is -4.95. The van der Waals surface area contributed by atoms with Crippen LogP contribution in [0.5, 0.6) is 0 Å². The second-order valence-electron chi connectivity index (χ2n) is 3.47. The van der Waals surface area contributed by atoms with Crippen molar-refractivity contribution in [1.82, 2.24) is 0 Å². The van der Waals surface area contributed by atoms with Crippen molar-refractivity contribution >= 4 is 11.8 Å². The topological polar surface area (TPSA) is 43.4 Å². The first kappa shape index (κ1) is 14.2. The first-order valence-electron chi connectivity index (χ1n) is 5.21. The van der Waals surface area contributed by atoms with E-state index in [-0.39, 0.29) is 18.6 Å². The Kier molecular flexibility index (Phi) is 4.47. The Morgan fingerprint density at radius 1 is 1.22 bits per heavy atom. The van der Waals surface area contributed by atoms with Gasteiger partial charge in [0, 0.05) is 5.56 Å². The zero-order valence-electron chi connectivity index (χ0n) is 9.58. The summed E-state index contributed by atoms with van der Waals surface area (Å²) in [5.41, 5.74) is -0.503. The average molecular weight is 260 g/mol. The van der Waals surface area contributed by atoms with Gasteiger partial charge < -0.3 is 4.74 Å². The quantitative estimate of drug-likeness (QED) is 0.617. The highest BCUT2D eigenvalue weighted by Gasteiger charge is 2.40. The largest absolute Gasteiger partial charge is 0.466 e. The van der Waals surface area contributed by atoms with Crippen LogP contribution in [0, 0.1) is 0 Å². The van der Waals surface area contributed by atoms with Gasteiger partial charge >= 0.3 is 12.1 Å². The Hall–Kier alpha value is -1.85. The maximum atomic E-state index is 12.3. The average Bonchev–Trinajstić information content (AvgIpc) is 2.28. The van der Waals surface area contributed by atoms with E-state index in [4.69, 9.17) is 0 Å². The van der Waals surface area contributed by atoms with Crippen LogP contribution < -0.4 is 0 Å². The van der Waals surface area contributed by atoms with Gasteiger partial charge in [-0.05, 0) is 12.5 Å². The van der Waals surface area contributed by atoms with Gasteiger partial charge in [-0.3, -0.25) is 9.59 Å². The van der Waals surface area contributed by atoms with Crippen LogP contribution in [0.15, 0.2) is 24.3 Å². The SMILES string of the molecule is CCOC(=O)Cc1ccccc1C(=O)C(F)(F)F. The van der Waals surface area contributed by atoms with Crippen molar-refractivity contribution < 1.29 is 27.5 Å². The second kappa shape index (κ2) is 5.66. The Morgan fingerprint density at radius 3 is 2.39 bits per heavy atom. The number of ketones is 1. The summed E-state index contributed by atoms with van der Waals surface area (Å²) in [5.74, 6) is -2.62. The lowest BCUT2D eigenvalue weighted by Gasteiger charge is -2.10. The summed E-state index contributed by atoms with van der Waals surface area (Å²) in [4.78, 5) is 22.4. The maximum Gasteiger partial charge on any atom is 0.454 e. The normalized spacial score (nSPS) is 11.1. The van der Waals surface area contributed by atoms with Crippen LogP contribution in [0.25, 0.3) is 0 Å². The number of benzene rings is 1. The standard InChI is InChI=1S/C12H11F3O3/c1-2-18-10(16)7-8-5-3-4-6-9(8)11(17)12(13,14)15/h3-6H,2,7H2,1H3. The molecule has 3 nitrogen and oxygen atoms in total. The molecule has 98 valence electrons. The molecule has 0 radical (unpaired) electrons. The van der Waals surface area contributed by atoms with E-state index in [1.807, 2.05) is 0 Å². The fraction of sp³-hybridized carbons (Fsp3) is 0.333. The highest BCUT2D eigenvalue weighted by molar-refractivity contribution is 6.02. The third-order valence-corrected chi connectivity index (χ3v) is 2.16. The van der Waals surface area contributed by atoms with Crippen LogP contribution >= 0.6 is 0 Å². The number of esters is 1. The van der Waals surface area contributed by atoms with Crippen molar-refractivity contribution in [1.29, 1.82) is 0 Å². The van der Waals surface area contributed by atoms with Crippen molar-refractivity contribution in [3.63, 3.8) is 0 Å². The van der Waals surface area contributed by atoms with Gasteiger partial charge in [0.2, 0.25) is 0 Å². The van der Waals surface area contributed by atoms with Crippen LogP contribution in [-0.2, 0) is 16.0 Å². The van der Waals surface area contributed by atoms with Gasteiger partial charge in [-0.25, -0.2) is 0 Å². The molecule has 0 aromatic heterocycles. The summed E-state index contributed by atoms with van der Waals surface area (Å²) in [7, 11) is 0. The molecule has 1 aromatic rings. The Balaban J connectivity index is 3.00. The minimum Gasteiger partial charge on any atom is -0.466 e. The summed E-state index contributed by atoms with van der Waals surface area (Å²) in [6, 6.07) is 5.12. The second-order valence-corrected chi connectivity index (χ2v) is 3.47. The summed E-state index contributed by atoms with van der Waals surface area (Å²) in [6.07, 6.45) is -5.31. The van der Waals surface area contributed by atoms with Crippen LogP contribution in [0.4, 0.5) is 13.2 Å². The fourth-order valence-electron chi connectivity index (χ4n) is 1.42. The summed E-state index contributed by atoms with van der Waals surface area (Å²) < 4.78 is 41.6. The number of Topliss-reactive ketones (excluding diaryl/α,β-unsaturated/α-hetero) is 1. The van der Waals surface area contributed by atoms with Crippen molar-refractivity contribution in [2.75, 3.05) is 6.61 Å². The zero-order valence-corrected chi connectivity index (χ0v) is 9.58. The molecule has 1 rings (SSSR count). The first-order valence-corrected chi connectivity index (χ1v) is 5.21. The molecule has 0 heterocycles. The van der Waals surface area contributed by atoms with E-state index in [9.17, 15) is 22.8 Å². The minimum absolute atomic E-state index is 0.0123. The summed E-state index contributed by atoms with van der Waals surface area (Å²) >= 11 is 0. The zero-order chi connectivity index (χ0) is 13.8. The molecule has 0 atom stereocenters. The smallest absolute Gasteiger partial charge is 0.454 e. The number of hydrogen-bond acceptors (Lipinski definition) is 3. The van der Waals surface area contributed by atoms with Crippen LogP contribution in [0.3, 0.4) is 0 Å². The lowest BCUT2D eigenvalue weighted by molar-refractivity contribution is -0.142. The van der Waals surface area contributed by atoms with Gasteiger partial charge in [0.05, 0.1) is 13.0 Å². The molecular formula is C12H11F3O3. The fourth-order valence-corrected chi connectivity index (χ4v) is 1.42. The highest BCUT2D eigenvalue weighted by atomic mass is 19.4. The molecule has 0 saturated heterocycles. The molecule has 6 heteroatoms. The number of carbonyl (C=O) groups is 2. The Labute approximate surface area is 102 Å². The van der Waals surface area contributed by atoms with Gasteiger partial charge in [-0.2, -0.15) is 13.2 Å². The molecule has 0 saturated carbocycles. The number of rotatable bonds is 4. The van der Waals surface area contributed by atoms with E-state index in [0.29, 0.717) is 0 Å². The van der Waals surface area contributed by atoms with Gasteiger partial charge in [-0.15, -0.1) is 0 Å². The van der Waals surface area contributed by atoms with E-state index < -0.39 is 23.5 Å². The lowest BCUT2D eigenvalue weighted by atomic mass is 10.0. The van der Waals surface area contributed by atoms with E-state index in [1.54, 1.807) is 6.92 Å². The van der Waals surface area contributed by atoms with E-state index in [1.165, 1.54) is 18.2 Å². The highest BCUT2D eigenvalue weighted by Crippen LogP contribution is 2.23. The summed E-state index contributed by atoms with van der Waals surface area (Å²) in [6.45, 7) is 1.72. The molecule has 0 fully saturated rings. The molecule has 0 bridgehead atoms. The van der Waals surface area contributed by atoms with Crippen LogP contribution in [-0.4, -0.2) is 24.5 Å². The molecule has 0 aliphatic heterocycles. The molecular weight excluding hydrogens is 249 g/mol. The Morgan fingerprint density at radius 2 is 1.83 bits per heavy atom. The van der Waals surface area contributed by atoms with Crippen LogP contribution in [0.2, 0.25) is 0 Å². The van der Waals surface area contributed by atoms with Crippen molar-refractivity contribution in [2.45, 2.75) is 19.5 Å². The number of halogens is 3. The molecule has 0 amide bonds. The molecule has 0 spiro atoms. The lowest BCUT2D eigenvalue weighted by Crippen LogP contribution is -2.24. The molecule has 0 aliphatic rings. The van der Waals surface area contributed by atoms with Gasteiger partial charge in [0.25, 0.3) is 5.78 Å². The number of ether oxygens (including phenoxy) is 1. The molecule has 0 aliphatic carbocycles. The van der Waals surface area contributed by atoms with Crippen LogP contribution in [0.1, 0.15) is 22.8 Å². The number of hydrogen-bond donors (Lipinski definition) is 0. The maximum absolute atomic E-state index is 12.3. The molecule has 18 heavy (non-hydrogen) atoms. The molecule has 0 N–H and O–H groups in total. The van der Waals surface area contributed by atoms with Gasteiger partial charge in [0.15, 0.2) is 0 Å². The van der Waals surface area contributed by atoms with Crippen molar-refractivity contribution in [3.05, 3.63) is 35.4 Å². The third kappa shape index (κ3) is 3.58. The van der Waals surface area contributed by atoms with E-state index >= 15 is 0 Å². The number of carbonyl (C=O) groups excluding carboxylic acids is 2. The monoisotopic (exact) mass is 260 g/mol. The first-order chi connectivity index (χ1) is 8.36. The third-order valence-electron chi connectivity index (χ3n) is 2.16. The van der Waals surface area contributed by atoms with Crippen molar-refractivity contribution in [2.24, 2.45) is 0 Å². The van der Waals surface area contributed by atoms with Crippen molar-refractivity contribution in [3.8, 4) is 0 Å². The molecule has 0 unspecified atom stereocenters. The Bertz CT molecular complexity index is 452. The predicted octanol–water partition coefficient (Wildman–Crippen LogP) is 2.54. The predicted molar refractivity (Wildman–Crippen MR) is 57.2 cm³/mol. The van der Waals surface area contributed by atoms with Gasteiger partial charge in [0.1, 0.15) is 0 Å².